The second kappa shape index (κ2) is 7.50. The summed E-state index contributed by atoms with van der Waals surface area (Å²) in [5.41, 5.74) is 4.48. The number of pyridine rings is 1. The highest BCUT2D eigenvalue weighted by atomic mass is 19.1. The molecule has 3 heterocycles. The fourth-order valence-corrected chi connectivity index (χ4v) is 4.39. The summed E-state index contributed by atoms with van der Waals surface area (Å²) in [5, 5.41) is 5.27. The third kappa shape index (κ3) is 3.42. The maximum Gasteiger partial charge on any atom is 0.254 e. The molecule has 0 saturated carbocycles. The molecule has 31 heavy (non-hydrogen) atoms. The number of benzene rings is 2. The highest BCUT2D eigenvalue weighted by Crippen LogP contribution is 2.28. The zero-order chi connectivity index (χ0) is 21.5. The van der Waals surface area contributed by atoms with E-state index in [2.05, 4.69) is 4.98 Å². The van der Waals surface area contributed by atoms with E-state index in [4.69, 9.17) is 5.10 Å². The Morgan fingerprint density at radius 3 is 2.65 bits per heavy atom. The van der Waals surface area contributed by atoms with Gasteiger partial charge in [0, 0.05) is 54.8 Å². The number of halogens is 1. The summed E-state index contributed by atoms with van der Waals surface area (Å²) in [4.78, 5) is 29.8. The van der Waals surface area contributed by atoms with Crippen molar-refractivity contribution in [2.24, 2.45) is 7.05 Å². The van der Waals surface area contributed by atoms with Crippen LogP contribution < -0.4 is 5.56 Å². The Hall–Kier alpha value is -3.74. The van der Waals surface area contributed by atoms with Crippen molar-refractivity contribution in [2.75, 3.05) is 13.1 Å². The van der Waals surface area contributed by atoms with Crippen molar-refractivity contribution in [3.05, 3.63) is 87.6 Å². The maximum atomic E-state index is 13.6. The van der Waals surface area contributed by atoms with Crippen molar-refractivity contribution in [1.29, 1.82) is 0 Å². The lowest BCUT2D eigenvalue weighted by Crippen LogP contribution is -2.34. The van der Waals surface area contributed by atoms with Gasteiger partial charge in [0.25, 0.3) is 5.91 Å². The fraction of sp³-hybridized carbons (Fsp3) is 0.208. The highest BCUT2D eigenvalue weighted by Gasteiger charge is 2.26. The number of carbonyl (C=O) groups is 1. The summed E-state index contributed by atoms with van der Waals surface area (Å²) in [6.07, 6.45) is 1.35. The number of carbonyl (C=O) groups excluding carboxylic acids is 1. The van der Waals surface area contributed by atoms with Crippen LogP contribution in [0.3, 0.4) is 0 Å². The van der Waals surface area contributed by atoms with Crippen molar-refractivity contribution in [1.82, 2.24) is 19.7 Å². The van der Waals surface area contributed by atoms with Crippen LogP contribution in [0.2, 0.25) is 0 Å². The van der Waals surface area contributed by atoms with Gasteiger partial charge in [-0.2, -0.15) is 5.10 Å². The summed E-state index contributed by atoms with van der Waals surface area (Å²) < 4.78 is 15.5. The van der Waals surface area contributed by atoms with Crippen LogP contribution in [0.25, 0.3) is 22.2 Å². The Balaban J connectivity index is 1.48. The van der Waals surface area contributed by atoms with Gasteiger partial charge in [0.1, 0.15) is 5.82 Å². The molecule has 1 aliphatic rings. The van der Waals surface area contributed by atoms with Gasteiger partial charge in [-0.15, -0.1) is 0 Å². The molecule has 5 rings (SSSR count). The average molecular weight is 416 g/mol. The second-order valence-electron chi connectivity index (χ2n) is 7.79. The van der Waals surface area contributed by atoms with E-state index in [1.807, 2.05) is 42.1 Å². The normalized spacial score (nSPS) is 13.8. The van der Waals surface area contributed by atoms with E-state index in [9.17, 15) is 14.0 Å². The van der Waals surface area contributed by atoms with Crippen molar-refractivity contribution in [3.8, 4) is 11.3 Å². The molecule has 156 valence electrons. The molecule has 7 heteroatoms. The van der Waals surface area contributed by atoms with Gasteiger partial charge in [0.15, 0.2) is 0 Å². The number of aromatic nitrogens is 3. The summed E-state index contributed by atoms with van der Waals surface area (Å²) in [6.45, 7) is 1.04. The van der Waals surface area contributed by atoms with Gasteiger partial charge in [-0.25, -0.2) is 4.39 Å². The molecule has 0 radical (unpaired) electrons. The van der Waals surface area contributed by atoms with Gasteiger partial charge in [0.2, 0.25) is 5.56 Å². The number of nitrogens with one attached hydrogen (secondary N) is 1. The molecule has 2 aromatic carbocycles. The highest BCUT2D eigenvalue weighted by molar-refractivity contribution is 6.06. The Bertz CT molecular complexity index is 1360. The van der Waals surface area contributed by atoms with E-state index in [1.165, 1.54) is 24.3 Å². The first-order valence-corrected chi connectivity index (χ1v) is 10.2. The lowest BCUT2D eigenvalue weighted by molar-refractivity contribution is 0.0764. The molecule has 0 saturated heterocycles. The van der Waals surface area contributed by atoms with Gasteiger partial charge >= 0.3 is 0 Å². The van der Waals surface area contributed by atoms with Gasteiger partial charge in [-0.3, -0.25) is 14.3 Å². The van der Waals surface area contributed by atoms with Gasteiger partial charge in [-0.1, -0.05) is 30.3 Å². The first-order valence-electron chi connectivity index (χ1n) is 10.2. The van der Waals surface area contributed by atoms with Crippen LogP contribution in [0.5, 0.6) is 0 Å². The lowest BCUT2D eigenvalue weighted by Gasteiger charge is -2.21. The van der Waals surface area contributed by atoms with Crippen molar-refractivity contribution < 1.29 is 9.18 Å². The zero-order valence-corrected chi connectivity index (χ0v) is 17.1. The summed E-state index contributed by atoms with van der Waals surface area (Å²) in [5.74, 6) is -0.677. The molecule has 2 aromatic heterocycles. The van der Waals surface area contributed by atoms with Crippen LogP contribution in [-0.4, -0.2) is 38.7 Å². The number of fused-ring (bicyclic) bond motifs is 2. The molecular weight excluding hydrogens is 395 g/mol. The van der Waals surface area contributed by atoms with Gasteiger partial charge in [-0.05, 0) is 24.6 Å². The van der Waals surface area contributed by atoms with Crippen LogP contribution in [-0.2, 0) is 19.9 Å². The van der Waals surface area contributed by atoms with Crippen molar-refractivity contribution in [2.45, 2.75) is 12.8 Å². The number of aryl methyl sites for hydroxylation is 1. The Morgan fingerprint density at radius 1 is 1.06 bits per heavy atom. The molecule has 0 atom stereocenters. The van der Waals surface area contributed by atoms with E-state index in [-0.39, 0.29) is 5.91 Å². The molecule has 6 nitrogen and oxygen atoms in total. The molecule has 0 aliphatic carbocycles. The number of aromatic amines is 1. The minimum atomic E-state index is -0.459. The third-order valence-electron chi connectivity index (χ3n) is 5.90. The molecular formula is C24H21FN4O2. The van der Waals surface area contributed by atoms with E-state index >= 15 is 0 Å². The molecule has 1 amide bonds. The van der Waals surface area contributed by atoms with E-state index in [1.54, 1.807) is 4.90 Å². The minimum Gasteiger partial charge on any atom is -0.338 e. The Labute approximate surface area is 177 Å². The van der Waals surface area contributed by atoms with E-state index in [0.717, 1.165) is 22.5 Å². The number of H-pyrrole nitrogens is 1. The molecule has 0 spiro atoms. The van der Waals surface area contributed by atoms with Gasteiger partial charge in [0.05, 0.1) is 16.8 Å². The topological polar surface area (TPSA) is 71.0 Å². The smallest absolute Gasteiger partial charge is 0.254 e. The maximum absolute atomic E-state index is 13.6. The van der Waals surface area contributed by atoms with E-state index in [0.29, 0.717) is 42.4 Å². The Morgan fingerprint density at radius 2 is 1.84 bits per heavy atom. The van der Waals surface area contributed by atoms with Gasteiger partial charge < -0.3 is 9.88 Å². The predicted octanol–water partition coefficient (Wildman–Crippen LogP) is 3.31. The number of amides is 1. The molecule has 4 aromatic rings. The predicted molar refractivity (Wildman–Crippen MR) is 116 cm³/mol. The molecule has 0 fully saturated rings. The number of hydrogen-bond donors (Lipinski definition) is 1. The molecule has 1 aliphatic heterocycles. The quantitative estimate of drug-likeness (QED) is 0.545. The molecule has 0 unspecified atom stereocenters. The molecule has 1 N–H and O–H groups in total. The zero-order valence-electron chi connectivity index (χ0n) is 17.1. The summed E-state index contributed by atoms with van der Waals surface area (Å²) >= 11 is 0. The number of nitrogens with zero attached hydrogens (tertiary/aromatic N) is 3. The van der Waals surface area contributed by atoms with Crippen molar-refractivity contribution in [3.63, 3.8) is 0 Å². The molecule has 0 bridgehead atoms. The van der Waals surface area contributed by atoms with Crippen LogP contribution >= 0.6 is 0 Å². The first kappa shape index (κ1) is 19.2. The Kier molecular flexibility index (Phi) is 4.66. The summed E-state index contributed by atoms with van der Waals surface area (Å²) in [6, 6.07) is 15.4. The monoisotopic (exact) mass is 416 g/mol. The van der Waals surface area contributed by atoms with Crippen molar-refractivity contribution >= 4 is 16.8 Å². The van der Waals surface area contributed by atoms with Crippen LogP contribution in [0.15, 0.2) is 59.4 Å². The number of hydrogen-bond acceptors (Lipinski definition) is 3. The van der Waals surface area contributed by atoms with Crippen LogP contribution in [0, 0.1) is 5.82 Å². The fourth-order valence-electron chi connectivity index (χ4n) is 4.39. The second-order valence-corrected chi connectivity index (χ2v) is 7.79. The minimum absolute atomic E-state index is 0.218. The summed E-state index contributed by atoms with van der Waals surface area (Å²) in [7, 11) is 1.93. The standard InChI is InChI=1S/C24H21FN4O2/c1-28-21-10-12-29(11-9-18(21)23(27-28)15-5-3-2-4-6-15)24(31)19-14-22(30)26-20-13-16(25)7-8-17(19)20/h2-8,13-14H,9-12H2,1H3,(H,26,30). The van der Waals surface area contributed by atoms with Crippen LogP contribution in [0.1, 0.15) is 21.6 Å². The number of rotatable bonds is 2. The average Bonchev–Trinajstić information content (AvgIpc) is 2.94. The lowest BCUT2D eigenvalue weighted by atomic mass is 10.0. The van der Waals surface area contributed by atoms with Crippen LogP contribution in [0.4, 0.5) is 4.39 Å². The van der Waals surface area contributed by atoms with E-state index < -0.39 is 11.4 Å². The largest absolute Gasteiger partial charge is 0.338 e. The SMILES string of the molecule is Cn1nc(-c2ccccc2)c2c1CCN(C(=O)c1cc(=O)[nH]c3cc(F)ccc13)CC2. The first-order chi connectivity index (χ1) is 15.0. The third-order valence-corrected chi connectivity index (χ3v) is 5.90.